The van der Waals surface area contributed by atoms with Crippen molar-refractivity contribution in [1.82, 2.24) is 10.6 Å². The van der Waals surface area contributed by atoms with Gasteiger partial charge in [-0.2, -0.15) is 0 Å². The highest BCUT2D eigenvalue weighted by Crippen LogP contribution is 2.07. The molecule has 0 fully saturated rings. The van der Waals surface area contributed by atoms with E-state index < -0.39 is 48.2 Å². The van der Waals surface area contributed by atoms with Gasteiger partial charge in [0, 0.05) is 6.42 Å². The molecule has 10 nitrogen and oxygen atoms in total. The molecule has 0 saturated heterocycles. The van der Waals surface area contributed by atoms with Gasteiger partial charge in [-0.15, -0.1) is 0 Å². The van der Waals surface area contributed by atoms with Gasteiger partial charge in [0.2, 0.25) is 5.91 Å². The van der Waals surface area contributed by atoms with Crippen LogP contribution in [0.1, 0.15) is 33.6 Å². The van der Waals surface area contributed by atoms with E-state index in [0.717, 1.165) is 7.11 Å². The molecule has 0 rings (SSSR count). The Morgan fingerprint density at radius 2 is 1.72 bits per heavy atom. The minimum absolute atomic E-state index is 0.117. The summed E-state index contributed by atoms with van der Waals surface area (Å²) in [6.45, 7) is 3.85. The van der Waals surface area contributed by atoms with Crippen molar-refractivity contribution in [3.63, 3.8) is 0 Å². The molecule has 0 bridgehead atoms. The zero-order valence-corrected chi connectivity index (χ0v) is 15.0. The number of carbonyl (C=O) groups is 4. The fraction of sp³-hybridized carbons (Fsp3) is 0.733. The number of amides is 2. The first kappa shape index (κ1) is 20.7. The number of nitrogens with one attached hydrogen (secondary N) is 2. The number of carbonyl (C=O) groups excluding carboxylic acids is 4. The van der Waals surface area contributed by atoms with Crippen molar-refractivity contribution in [3.8, 4) is 0 Å². The van der Waals surface area contributed by atoms with Crippen LogP contribution >= 0.6 is 0 Å². The Balaban J connectivity index is 5.07. The molecule has 10 heteroatoms. The molecule has 0 heterocycles. The van der Waals surface area contributed by atoms with Crippen LogP contribution in [-0.4, -0.2) is 67.6 Å². The van der Waals surface area contributed by atoms with Crippen LogP contribution < -0.4 is 10.6 Å². The van der Waals surface area contributed by atoms with Gasteiger partial charge in [-0.25, -0.2) is 9.59 Å². The summed E-state index contributed by atoms with van der Waals surface area (Å²) in [6, 6.07) is -2.83. The molecule has 0 saturated carbocycles. The van der Waals surface area contributed by atoms with Gasteiger partial charge in [-0.05, 0) is 27.2 Å². The van der Waals surface area contributed by atoms with Crippen LogP contribution in [0.2, 0.25) is 1.41 Å². The maximum absolute atomic E-state index is 12.3. The van der Waals surface area contributed by atoms with E-state index in [1.807, 2.05) is 0 Å². The Hall–Kier alpha value is -2.36. The summed E-state index contributed by atoms with van der Waals surface area (Å²) in [6.07, 6.45) is -1.43. The molecule has 2 amide bonds. The highest BCUT2D eigenvalue weighted by atomic mass is 16.6. The third-order valence-electron chi connectivity index (χ3n) is 2.80. The van der Waals surface area contributed by atoms with Gasteiger partial charge in [0.15, 0.2) is 1.41 Å². The summed E-state index contributed by atoms with van der Waals surface area (Å²) in [4.78, 5) is 47.1. The predicted octanol–water partition coefficient (Wildman–Crippen LogP) is -0.517. The lowest BCUT2D eigenvalue weighted by Gasteiger charge is -2.23. The third kappa shape index (κ3) is 9.50. The third-order valence-corrected chi connectivity index (χ3v) is 2.80. The lowest BCUT2D eigenvalue weighted by atomic mass is 10.1. The fourth-order valence-electron chi connectivity index (χ4n) is 1.62. The second-order valence-corrected chi connectivity index (χ2v) is 6.01. The summed E-state index contributed by atoms with van der Waals surface area (Å²) in [5, 5.41) is 11.8. The lowest BCUT2D eigenvalue weighted by Crippen LogP contribution is -2.54. The molecular formula is C15H26N2O8. The van der Waals surface area contributed by atoms with Gasteiger partial charge in [0.1, 0.15) is 17.7 Å². The van der Waals surface area contributed by atoms with Crippen molar-refractivity contribution < 1.29 is 39.9 Å². The second-order valence-electron chi connectivity index (χ2n) is 6.01. The van der Waals surface area contributed by atoms with Gasteiger partial charge in [0.25, 0.3) is 0 Å². The summed E-state index contributed by atoms with van der Waals surface area (Å²) >= 11 is 0. The van der Waals surface area contributed by atoms with Gasteiger partial charge >= 0.3 is 18.0 Å². The zero-order chi connectivity index (χ0) is 20.5. The Bertz CT molecular complexity index is 520. The van der Waals surface area contributed by atoms with Crippen LogP contribution in [0.15, 0.2) is 0 Å². The molecule has 0 aliphatic heterocycles. The van der Waals surface area contributed by atoms with Gasteiger partial charge in [-0.3, -0.25) is 9.59 Å². The number of rotatable bonds is 8. The number of hydrogen-bond donors (Lipinski definition) is 3. The average molecular weight is 363 g/mol. The number of alkyl carbamates (subject to hydrolysis) is 1. The summed E-state index contributed by atoms with van der Waals surface area (Å²) in [7, 11) is 2.27. The molecule has 0 aromatic heterocycles. The van der Waals surface area contributed by atoms with E-state index >= 15 is 0 Å². The van der Waals surface area contributed by atoms with Gasteiger partial charge in [0.05, 0.1) is 20.8 Å². The number of aliphatic hydroxyl groups excluding tert-OH is 1. The van der Waals surface area contributed by atoms with Crippen LogP contribution in [0.3, 0.4) is 0 Å². The molecule has 0 aliphatic carbocycles. The topological polar surface area (TPSA) is 140 Å². The number of methoxy groups -OCH3 is 2. The Kier molecular flexibility index (Phi) is 8.68. The minimum Gasteiger partial charge on any atom is -0.469 e. The van der Waals surface area contributed by atoms with E-state index in [1.54, 1.807) is 20.8 Å². The van der Waals surface area contributed by atoms with E-state index in [9.17, 15) is 24.3 Å². The van der Waals surface area contributed by atoms with Gasteiger partial charge in [-0.1, -0.05) is 0 Å². The quantitative estimate of drug-likeness (QED) is 0.387. The molecule has 3 N–H and O–H groups in total. The summed E-state index contributed by atoms with van der Waals surface area (Å²) in [5.41, 5.74) is -0.901. The van der Waals surface area contributed by atoms with Crippen LogP contribution in [0, 0.1) is 0 Å². The van der Waals surface area contributed by atoms with Crippen molar-refractivity contribution in [2.24, 2.45) is 0 Å². The van der Waals surface area contributed by atoms with Crippen molar-refractivity contribution in [2.45, 2.75) is 51.3 Å². The molecule has 25 heavy (non-hydrogen) atoms. The molecule has 0 aromatic carbocycles. The minimum atomic E-state index is -1.62. The lowest BCUT2D eigenvalue weighted by molar-refractivity contribution is -0.146. The van der Waals surface area contributed by atoms with Crippen LogP contribution in [0.4, 0.5) is 4.79 Å². The van der Waals surface area contributed by atoms with E-state index in [4.69, 9.17) is 6.15 Å². The first-order valence-corrected chi connectivity index (χ1v) is 7.53. The second kappa shape index (κ2) is 10.5. The summed E-state index contributed by atoms with van der Waals surface area (Å²) in [5.74, 6) is -2.40. The predicted molar refractivity (Wildman–Crippen MR) is 85.4 cm³/mol. The molecular weight excluding hydrogens is 336 g/mol. The molecule has 144 valence electrons. The zero-order valence-electron chi connectivity index (χ0n) is 16.0. The van der Waals surface area contributed by atoms with Gasteiger partial charge < -0.3 is 29.9 Å². The van der Waals surface area contributed by atoms with E-state index in [0.29, 0.717) is 0 Å². The number of aliphatic hydroxyl groups is 1. The van der Waals surface area contributed by atoms with E-state index in [-0.39, 0.29) is 18.2 Å². The highest BCUT2D eigenvalue weighted by Gasteiger charge is 2.28. The molecule has 0 spiro atoms. The summed E-state index contributed by atoms with van der Waals surface area (Å²) < 4.78 is 21.7. The molecule has 2 atom stereocenters. The van der Waals surface area contributed by atoms with Crippen molar-refractivity contribution >= 4 is 23.9 Å². The highest BCUT2D eigenvalue weighted by molar-refractivity contribution is 5.90. The number of esters is 2. The van der Waals surface area contributed by atoms with Crippen LogP contribution in [0.5, 0.6) is 0 Å². The normalized spacial score (nSPS) is 13.8. The molecule has 0 unspecified atom stereocenters. The van der Waals surface area contributed by atoms with Crippen LogP contribution in [-0.2, 0) is 28.6 Å². The largest absolute Gasteiger partial charge is 0.469 e. The first-order chi connectivity index (χ1) is 12.0. The van der Waals surface area contributed by atoms with E-state index in [2.05, 4.69) is 14.8 Å². The number of hydrogen-bond acceptors (Lipinski definition) is 8. The first-order valence-electron chi connectivity index (χ1n) is 7.98. The Morgan fingerprint density at radius 3 is 2.16 bits per heavy atom. The van der Waals surface area contributed by atoms with Crippen molar-refractivity contribution in [2.75, 3.05) is 20.8 Å². The Morgan fingerprint density at radius 1 is 1.12 bits per heavy atom. The SMILES string of the molecule is [2H]N(C(=O)OC(C)(C)C)[C@@H](CO)C(=O)N[C@@H](CCC(=O)OC)C(=O)OC. The monoisotopic (exact) mass is 363 g/mol. The molecule has 0 aromatic rings. The Labute approximate surface area is 147 Å². The molecule has 0 radical (unpaired) electrons. The smallest absolute Gasteiger partial charge is 0.408 e. The number of ether oxygens (including phenoxy) is 3. The maximum Gasteiger partial charge on any atom is 0.408 e. The maximum atomic E-state index is 12.3. The molecule has 0 aliphatic rings. The fourth-order valence-corrected chi connectivity index (χ4v) is 1.62. The van der Waals surface area contributed by atoms with Crippen molar-refractivity contribution in [1.29, 1.82) is 0 Å². The standard InChI is InChI=1S/C15H26N2O8/c1-15(2,3)25-14(22)17-10(8-18)12(20)16-9(13(21)24-5)6-7-11(19)23-4/h9-10,18H,6-8H2,1-5H3,(H,16,20)(H,17,22)/t9-,10-/m0/s1/i/hD. The average Bonchev–Trinajstić information content (AvgIpc) is 2.56. The van der Waals surface area contributed by atoms with E-state index in [1.165, 1.54) is 7.11 Å². The van der Waals surface area contributed by atoms with Crippen molar-refractivity contribution in [3.05, 3.63) is 0 Å². The van der Waals surface area contributed by atoms with Crippen LogP contribution in [0.25, 0.3) is 0 Å².